The van der Waals surface area contributed by atoms with Crippen LogP contribution in [0.1, 0.15) is 66.7 Å². The fraction of sp³-hybridized carbons (Fsp3) is 0.944. The molecule has 0 unspecified atom stereocenters. The van der Waals surface area contributed by atoms with Gasteiger partial charge in [-0.3, -0.25) is 4.79 Å². The van der Waals surface area contributed by atoms with E-state index in [4.69, 9.17) is 0 Å². The molecular weight excluding hydrogens is 260 g/mol. The summed E-state index contributed by atoms with van der Waals surface area (Å²) in [5.74, 6) is 1.60. The number of carbonyl (C=O) groups is 1. The van der Waals surface area contributed by atoms with Gasteiger partial charge in [-0.25, -0.2) is 0 Å². The lowest BCUT2D eigenvalue weighted by molar-refractivity contribution is -0.138. The highest BCUT2D eigenvalue weighted by atomic mass is 16.2. The molecule has 0 radical (unpaired) electrons. The Balaban J connectivity index is 0.00000106. The topological polar surface area (TPSA) is 23.6 Å². The van der Waals surface area contributed by atoms with E-state index in [1.807, 2.05) is 13.8 Å². The van der Waals surface area contributed by atoms with E-state index in [1.54, 1.807) is 0 Å². The van der Waals surface area contributed by atoms with Crippen LogP contribution in [-0.2, 0) is 4.79 Å². The molecule has 124 valence electrons. The number of rotatable bonds is 3. The van der Waals surface area contributed by atoms with Crippen molar-refractivity contribution in [3.05, 3.63) is 0 Å². The molecule has 0 aliphatic carbocycles. The van der Waals surface area contributed by atoms with Gasteiger partial charge in [0, 0.05) is 25.0 Å². The van der Waals surface area contributed by atoms with Crippen molar-refractivity contribution in [2.75, 3.05) is 26.2 Å². The molecule has 2 aliphatic heterocycles. The Bertz CT molecular complexity index is 288. The zero-order valence-corrected chi connectivity index (χ0v) is 14.9. The van der Waals surface area contributed by atoms with Crippen molar-refractivity contribution in [2.24, 2.45) is 11.8 Å². The Kier molecular flexibility index (Phi) is 8.31. The highest BCUT2D eigenvalue weighted by molar-refractivity contribution is 5.79. The molecule has 3 heteroatoms. The van der Waals surface area contributed by atoms with Crippen molar-refractivity contribution in [3.63, 3.8) is 0 Å². The van der Waals surface area contributed by atoms with E-state index in [9.17, 15) is 4.79 Å². The molecule has 0 aromatic heterocycles. The molecule has 21 heavy (non-hydrogen) atoms. The van der Waals surface area contributed by atoms with Gasteiger partial charge in [0.05, 0.1) is 0 Å². The summed E-state index contributed by atoms with van der Waals surface area (Å²) < 4.78 is 0. The smallest absolute Gasteiger partial charge is 0.225 e. The van der Waals surface area contributed by atoms with Crippen LogP contribution in [0, 0.1) is 11.8 Å². The Morgan fingerprint density at radius 3 is 1.95 bits per heavy atom. The second kappa shape index (κ2) is 9.45. The molecule has 0 aromatic rings. The number of hydrogen-bond acceptors (Lipinski definition) is 2. The molecule has 2 aliphatic rings. The zero-order valence-electron chi connectivity index (χ0n) is 14.9. The van der Waals surface area contributed by atoms with Crippen LogP contribution in [0.15, 0.2) is 0 Å². The van der Waals surface area contributed by atoms with Crippen LogP contribution in [0.5, 0.6) is 0 Å². The van der Waals surface area contributed by atoms with Gasteiger partial charge < -0.3 is 9.80 Å². The molecule has 0 atom stereocenters. The van der Waals surface area contributed by atoms with E-state index >= 15 is 0 Å². The number of hydrogen-bond donors (Lipinski definition) is 0. The fourth-order valence-electron chi connectivity index (χ4n) is 3.48. The molecular formula is C18H36N2O. The van der Waals surface area contributed by atoms with Crippen molar-refractivity contribution in [1.29, 1.82) is 0 Å². The molecule has 1 amide bonds. The molecule has 0 spiro atoms. The Labute approximate surface area is 132 Å². The molecule has 3 nitrogen and oxygen atoms in total. The van der Waals surface area contributed by atoms with Crippen LogP contribution in [0.2, 0.25) is 0 Å². The third-order valence-corrected chi connectivity index (χ3v) is 5.11. The van der Waals surface area contributed by atoms with Gasteiger partial charge in [-0.15, -0.1) is 0 Å². The summed E-state index contributed by atoms with van der Waals surface area (Å²) in [5, 5.41) is 0. The predicted octanol–water partition coefficient (Wildman–Crippen LogP) is 3.78. The lowest BCUT2D eigenvalue weighted by Gasteiger charge is -2.38. The van der Waals surface area contributed by atoms with Crippen LogP contribution in [-0.4, -0.2) is 47.9 Å². The van der Waals surface area contributed by atoms with Crippen LogP contribution < -0.4 is 0 Å². The van der Waals surface area contributed by atoms with E-state index < -0.39 is 0 Å². The average molecular weight is 296 g/mol. The molecule has 2 saturated heterocycles. The van der Waals surface area contributed by atoms with Crippen molar-refractivity contribution in [2.45, 2.75) is 72.8 Å². The SMILES string of the molecule is CC.CCC1CCN(C(=O)C2CCN(C(C)C)CC2)CC1. The van der Waals surface area contributed by atoms with Gasteiger partial charge in [-0.05, 0) is 58.5 Å². The number of carbonyl (C=O) groups excluding carboxylic acids is 1. The monoisotopic (exact) mass is 296 g/mol. The first kappa shape index (κ1) is 18.5. The summed E-state index contributed by atoms with van der Waals surface area (Å²) in [6.45, 7) is 15.0. The first-order chi connectivity index (χ1) is 10.1. The molecule has 2 rings (SSSR count). The molecule has 0 aromatic carbocycles. The van der Waals surface area contributed by atoms with Gasteiger partial charge in [0.1, 0.15) is 0 Å². The largest absolute Gasteiger partial charge is 0.342 e. The van der Waals surface area contributed by atoms with Crippen molar-refractivity contribution >= 4 is 5.91 Å². The lowest BCUT2D eigenvalue weighted by atomic mass is 9.91. The summed E-state index contributed by atoms with van der Waals surface area (Å²) in [7, 11) is 0. The second-order valence-electron chi connectivity index (χ2n) is 6.58. The first-order valence-electron chi connectivity index (χ1n) is 9.14. The highest BCUT2D eigenvalue weighted by Gasteiger charge is 2.30. The molecule has 2 heterocycles. The van der Waals surface area contributed by atoms with E-state index in [1.165, 1.54) is 19.3 Å². The fourth-order valence-corrected chi connectivity index (χ4v) is 3.48. The second-order valence-corrected chi connectivity index (χ2v) is 6.58. The maximum atomic E-state index is 12.5. The van der Waals surface area contributed by atoms with Crippen LogP contribution in [0.3, 0.4) is 0 Å². The summed E-state index contributed by atoms with van der Waals surface area (Å²) in [4.78, 5) is 17.2. The van der Waals surface area contributed by atoms with E-state index in [-0.39, 0.29) is 0 Å². The molecule has 0 saturated carbocycles. The molecule has 2 fully saturated rings. The minimum Gasteiger partial charge on any atom is -0.342 e. The van der Waals surface area contributed by atoms with Crippen molar-refractivity contribution < 1.29 is 4.79 Å². The standard InChI is InChI=1S/C16H30N2O.C2H6/c1-4-14-5-9-18(10-6-14)16(19)15-7-11-17(12-8-15)13(2)3;1-2/h13-15H,4-12H2,1-3H3;1-2H3. The Hall–Kier alpha value is -0.570. The van der Waals surface area contributed by atoms with Crippen LogP contribution in [0.25, 0.3) is 0 Å². The van der Waals surface area contributed by atoms with Crippen LogP contribution in [0.4, 0.5) is 0 Å². The van der Waals surface area contributed by atoms with Gasteiger partial charge in [0.15, 0.2) is 0 Å². The number of likely N-dealkylation sites (tertiary alicyclic amines) is 2. The first-order valence-corrected chi connectivity index (χ1v) is 9.14. The van der Waals surface area contributed by atoms with Gasteiger partial charge in [0.25, 0.3) is 0 Å². The predicted molar refractivity (Wildman–Crippen MR) is 90.4 cm³/mol. The summed E-state index contributed by atoms with van der Waals surface area (Å²) in [6.07, 6.45) is 5.82. The normalized spacial score (nSPS) is 22.1. The Morgan fingerprint density at radius 2 is 1.52 bits per heavy atom. The molecule has 0 bridgehead atoms. The number of piperidine rings is 2. The summed E-state index contributed by atoms with van der Waals surface area (Å²) in [6, 6.07) is 0.622. The maximum absolute atomic E-state index is 12.5. The highest BCUT2D eigenvalue weighted by Crippen LogP contribution is 2.25. The van der Waals surface area contributed by atoms with Gasteiger partial charge in [-0.1, -0.05) is 27.2 Å². The lowest BCUT2D eigenvalue weighted by Crippen LogP contribution is -2.46. The minimum absolute atomic E-state index is 0.299. The quantitative estimate of drug-likeness (QED) is 0.791. The van der Waals surface area contributed by atoms with E-state index in [0.717, 1.165) is 44.9 Å². The van der Waals surface area contributed by atoms with E-state index in [0.29, 0.717) is 17.9 Å². The van der Waals surface area contributed by atoms with E-state index in [2.05, 4.69) is 30.6 Å². The maximum Gasteiger partial charge on any atom is 0.225 e. The van der Waals surface area contributed by atoms with Crippen LogP contribution >= 0.6 is 0 Å². The molecule has 0 N–H and O–H groups in total. The van der Waals surface area contributed by atoms with Gasteiger partial charge in [0.2, 0.25) is 5.91 Å². The Morgan fingerprint density at radius 1 is 1.00 bits per heavy atom. The minimum atomic E-state index is 0.299. The van der Waals surface area contributed by atoms with Crippen molar-refractivity contribution in [3.8, 4) is 0 Å². The van der Waals surface area contributed by atoms with Crippen molar-refractivity contribution in [1.82, 2.24) is 9.80 Å². The third kappa shape index (κ3) is 5.28. The van der Waals surface area contributed by atoms with Gasteiger partial charge >= 0.3 is 0 Å². The van der Waals surface area contributed by atoms with Gasteiger partial charge in [-0.2, -0.15) is 0 Å². The summed E-state index contributed by atoms with van der Waals surface area (Å²) >= 11 is 0. The number of nitrogens with zero attached hydrogens (tertiary/aromatic N) is 2. The number of amides is 1. The third-order valence-electron chi connectivity index (χ3n) is 5.11. The summed E-state index contributed by atoms with van der Waals surface area (Å²) in [5.41, 5.74) is 0. The zero-order chi connectivity index (χ0) is 15.8. The average Bonchev–Trinajstić information content (AvgIpc) is 2.56.